The molecule has 5 nitrogen and oxygen atoms in total. The molecular formula is C18H20ClNO4. The lowest BCUT2D eigenvalue weighted by Crippen LogP contribution is -2.45. The molecule has 2 aliphatic heterocycles. The van der Waals surface area contributed by atoms with E-state index in [4.69, 9.17) is 16.3 Å². The number of carbonyl (C=O) groups excluding carboxylic acids is 1. The molecule has 1 amide bonds. The summed E-state index contributed by atoms with van der Waals surface area (Å²) >= 11 is 6.09. The number of aliphatic carboxylic acids is 1. The minimum atomic E-state index is -0.849. The number of nitrogens with zero attached hydrogens (tertiary/aromatic N) is 1. The van der Waals surface area contributed by atoms with Gasteiger partial charge < -0.3 is 14.7 Å². The molecular weight excluding hydrogens is 330 g/mol. The van der Waals surface area contributed by atoms with Crippen LogP contribution in [0.1, 0.15) is 24.8 Å². The largest absolute Gasteiger partial charge is 0.481 e. The number of hydrogen-bond donors (Lipinski definition) is 1. The maximum atomic E-state index is 13.2. The minimum Gasteiger partial charge on any atom is -0.481 e. The molecule has 0 spiro atoms. The van der Waals surface area contributed by atoms with Crippen molar-refractivity contribution in [3.8, 4) is 0 Å². The third kappa shape index (κ3) is 2.25. The third-order valence-electron chi connectivity index (χ3n) is 5.96. The van der Waals surface area contributed by atoms with Gasteiger partial charge in [-0.25, -0.2) is 0 Å². The normalized spacial score (nSPS) is 30.7. The highest BCUT2D eigenvalue weighted by Gasteiger charge is 2.60. The average Bonchev–Trinajstić information content (AvgIpc) is 3.28. The van der Waals surface area contributed by atoms with Crippen LogP contribution in [0.5, 0.6) is 0 Å². The number of amides is 1. The molecule has 2 heterocycles. The fourth-order valence-corrected chi connectivity index (χ4v) is 4.48. The van der Waals surface area contributed by atoms with E-state index in [2.05, 4.69) is 0 Å². The van der Waals surface area contributed by atoms with Crippen molar-refractivity contribution in [3.05, 3.63) is 34.9 Å². The molecule has 2 saturated heterocycles. The van der Waals surface area contributed by atoms with E-state index in [0.717, 1.165) is 18.4 Å². The molecule has 3 aliphatic rings. The van der Waals surface area contributed by atoms with Gasteiger partial charge in [-0.05, 0) is 37.0 Å². The Morgan fingerprint density at radius 3 is 2.71 bits per heavy atom. The van der Waals surface area contributed by atoms with Crippen molar-refractivity contribution < 1.29 is 19.4 Å². The minimum absolute atomic E-state index is 0.0415. The van der Waals surface area contributed by atoms with Crippen molar-refractivity contribution in [3.63, 3.8) is 0 Å². The van der Waals surface area contributed by atoms with E-state index >= 15 is 0 Å². The van der Waals surface area contributed by atoms with Crippen LogP contribution < -0.4 is 0 Å². The Morgan fingerprint density at radius 2 is 2.08 bits per heavy atom. The Labute approximate surface area is 145 Å². The molecule has 1 aromatic rings. The number of halogens is 1. The number of rotatable bonds is 3. The molecule has 0 bridgehead atoms. The number of benzene rings is 1. The van der Waals surface area contributed by atoms with Gasteiger partial charge in [0.15, 0.2) is 0 Å². The second kappa shape index (κ2) is 5.46. The predicted octanol–water partition coefficient (Wildman–Crippen LogP) is 2.32. The lowest BCUT2D eigenvalue weighted by atomic mass is 9.74. The fraction of sp³-hybridized carbons (Fsp3) is 0.556. The number of carbonyl (C=O) groups is 2. The van der Waals surface area contributed by atoms with Gasteiger partial charge >= 0.3 is 5.97 Å². The summed E-state index contributed by atoms with van der Waals surface area (Å²) in [6.45, 7) is 1.62. The van der Waals surface area contributed by atoms with Crippen molar-refractivity contribution in [2.24, 2.45) is 11.3 Å². The van der Waals surface area contributed by atoms with Gasteiger partial charge in [-0.3, -0.25) is 9.59 Å². The number of fused-ring (bicyclic) bond motifs is 1. The molecule has 128 valence electrons. The van der Waals surface area contributed by atoms with Gasteiger partial charge in [-0.1, -0.05) is 23.7 Å². The second-order valence-corrected chi connectivity index (χ2v) is 7.70. The first-order valence-corrected chi connectivity index (χ1v) is 8.72. The summed E-state index contributed by atoms with van der Waals surface area (Å²) in [6.07, 6.45) is 2.06. The second-order valence-electron chi connectivity index (χ2n) is 7.26. The van der Waals surface area contributed by atoms with Gasteiger partial charge in [0.25, 0.3) is 0 Å². The molecule has 3 fully saturated rings. The SMILES string of the molecule is O=C(N1C[C@H]2COCC[C@@]2(C(=O)O)C1)C1(c2cccc(Cl)c2)CC1. The first kappa shape index (κ1) is 15.9. The van der Waals surface area contributed by atoms with Crippen LogP contribution in [0, 0.1) is 11.3 Å². The Balaban J connectivity index is 1.61. The lowest BCUT2D eigenvalue weighted by Gasteiger charge is -2.34. The molecule has 24 heavy (non-hydrogen) atoms. The molecule has 1 N–H and O–H groups in total. The average molecular weight is 350 g/mol. The van der Waals surface area contributed by atoms with Crippen molar-refractivity contribution in [2.75, 3.05) is 26.3 Å². The highest BCUT2D eigenvalue weighted by molar-refractivity contribution is 6.30. The summed E-state index contributed by atoms with van der Waals surface area (Å²) in [6, 6.07) is 7.45. The monoisotopic (exact) mass is 349 g/mol. The fourth-order valence-electron chi connectivity index (χ4n) is 4.29. The van der Waals surface area contributed by atoms with Gasteiger partial charge in [0.05, 0.1) is 17.4 Å². The standard InChI is InChI=1S/C18H20ClNO4/c19-14-3-1-2-12(8-14)17(4-5-17)15(21)20-9-13-10-24-7-6-18(13,11-20)16(22)23/h1-3,8,13H,4-7,9-11H2,(H,22,23)/t13-,18+/m0/s1. The first-order chi connectivity index (χ1) is 11.5. The van der Waals surface area contributed by atoms with E-state index < -0.39 is 16.8 Å². The molecule has 0 radical (unpaired) electrons. The van der Waals surface area contributed by atoms with E-state index in [1.165, 1.54) is 0 Å². The molecule has 4 rings (SSSR count). The molecule has 1 aliphatic carbocycles. The molecule has 1 aromatic carbocycles. The van der Waals surface area contributed by atoms with Crippen LogP contribution in [0.25, 0.3) is 0 Å². The number of likely N-dealkylation sites (tertiary alicyclic amines) is 1. The lowest BCUT2D eigenvalue weighted by molar-refractivity contribution is -0.157. The van der Waals surface area contributed by atoms with Crippen LogP contribution in [0.15, 0.2) is 24.3 Å². The first-order valence-electron chi connectivity index (χ1n) is 8.35. The van der Waals surface area contributed by atoms with Crippen LogP contribution in [-0.4, -0.2) is 48.2 Å². The van der Waals surface area contributed by atoms with Gasteiger partial charge in [0.2, 0.25) is 5.91 Å². The number of carboxylic acid groups (broad SMARTS) is 1. The predicted molar refractivity (Wildman–Crippen MR) is 87.9 cm³/mol. The van der Waals surface area contributed by atoms with E-state index in [9.17, 15) is 14.7 Å². The summed E-state index contributed by atoms with van der Waals surface area (Å²) in [5.41, 5.74) is -0.424. The number of hydrogen-bond acceptors (Lipinski definition) is 3. The quantitative estimate of drug-likeness (QED) is 0.909. The van der Waals surface area contributed by atoms with Crippen LogP contribution in [0.3, 0.4) is 0 Å². The molecule has 6 heteroatoms. The van der Waals surface area contributed by atoms with Crippen LogP contribution >= 0.6 is 11.6 Å². The van der Waals surface area contributed by atoms with Crippen molar-refractivity contribution in [1.29, 1.82) is 0 Å². The highest BCUT2D eigenvalue weighted by Crippen LogP contribution is 2.52. The summed E-state index contributed by atoms with van der Waals surface area (Å²) in [5.74, 6) is -0.888. The molecule has 0 unspecified atom stereocenters. The van der Waals surface area contributed by atoms with Gasteiger partial charge in [-0.2, -0.15) is 0 Å². The zero-order valence-corrected chi connectivity index (χ0v) is 14.1. The topological polar surface area (TPSA) is 66.8 Å². The van der Waals surface area contributed by atoms with E-state index in [-0.39, 0.29) is 18.4 Å². The highest BCUT2D eigenvalue weighted by atomic mass is 35.5. The van der Waals surface area contributed by atoms with Crippen molar-refractivity contribution in [1.82, 2.24) is 4.90 Å². The van der Waals surface area contributed by atoms with Crippen LogP contribution in [0.2, 0.25) is 5.02 Å². The molecule has 2 atom stereocenters. The van der Waals surface area contributed by atoms with E-state index in [1.54, 1.807) is 11.0 Å². The third-order valence-corrected chi connectivity index (χ3v) is 6.19. The van der Waals surface area contributed by atoms with Crippen LogP contribution in [-0.2, 0) is 19.7 Å². The van der Waals surface area contributed by atoms with Gasteiger partial charge in [-0.15, -0.1) is 0 Å². The summed E-state index contributed by atoms with van der Waals surface area (Å²) in [7, 11) is 0. The molecule has 0 aromatic heterocycles. The maximum Gasteiger partial charge on any atom is 0.311 e. The molecule has 1 saturated carbocycles. The Bertz CT molecular complexity index is 702. The number of ether oxygens (including phenoxy) is 1. The van der Waals surface area contributed by atoms with Crippen molar-refractivity contribution in [2.45, 2.75) is 24.7 Å². The summed E-state index contributed by atoms with van der Waals surface area (Å²) in [5, 5.41) is 10.4. The zero-order valence-electron chi connectivity index (χ0n) is 13.3. The number of carboxylic acids is 1. The Hall–Kier alpha value is -1.59. The zero-order chi connectivity index (χ0) is 16.9. The Morgan fingerprint density at radius 1 is 1.29 bits per heavy atom. The van der Waals surface area contributed by atoms with E-state index in [0.29, 0.717) is 31.2 Å². The summed E-state index contributed by atoms with van der Waals surface area (Å²) < 4.78 is 5.47. The van der Waals surface area contributed by atoms with Gasteiger partial charge in [0, 0.05) is 30.6 Å². The smallest absolute Gasteiger partial charge is 0.311 e. The Kier molecular flexibility index (Phi) is 3.62. The van der Waals surface area contributed by atoms with Crippen molar-refractivity contribution >= 4 is 23.5 Å². The summed E-state index contributed by atoms with van der Waals surface area (Å²) in [4.78, 5) is 26.8. The maximum absolute atomic E-state index is 13.2. The van der Waals surface area contributed by atoms with E-state index in [1.807, 2.05) is 18.2 Å². The van der Waals surface area contributed by atoms with Gasteiger partial charge in [0.1, 0.15) is 0 Å². The van der Waals surface area contributed by atoms with Crippen LogP contribution in [0.4, 0.5) is 0 Å².